The monoisotopic (exact) mass is 543 g/mol. The van der Waals surface area contributed by atoms with Gasteiger partial charge in [-0.25, -0.2) is 22.2 Å². The first-order chi connectivity index (χ1) is 16.5. The SMILES string of the molecule is CCCS(=O)(=O)Nc1ccc(SCc2nc(C(=O)NCC(=O)N3CC(F)(F)C[C@H]3C#N)cs2)cc1. The summed E-state index contributed by atoms with van der Waals surface area (Å²) in [4.78, 5) is 30.4. The van der Waals surface area contributed by atoms with E-state index in [0.717, 1.165) is 9.80 Å². The minimum atomic E-state index is -3.36. The van der Waals surface area contributed by atoms with Crippen molar-refractivity contribution in [1.82, 2.24) is 15.2 Å². The summed E-state index contributed by atoms with van der Waals surface area (Å²) in [6, 6.07) is 7.35. The van der Waals surface area contributed by atoms with E-state index in [1.807, 2.05) is 0 Å². The zero-order chi connectivity index (χ0) is 25.6. The number of rotatable bonds is 10. The molecule has 1 fully saturated rings. The maximum atomic E-state index is 13.5. The first-order valence-corrected chi connectivity index (χ1v) is 14.1. The maximum Gasteiger partial charge on any atom is 0.271 e. The molecule has 35 heavy (non-hydrogen) atoms. The van der Waals surface area contributed by atoms with Gasteiger partial charge in [-0.05, 0) is 30.7 Å². The second kappa shape index (κ2) is 11.3. The Morgan fingerprint density at radius 3 is 2.71 bits per heavy atom. The highest BCUT2D eigenvalue weighted by Gasteiger charge is 2.47. The molecule has 1 atom stereocenters. The van der Waals surface area contributed by atoms with Gasteiger partial charge in [0.15, 0.2) is 0 Å². The van der Waals surface area contributed by atoms with Crippen LogP contribution < -0.4 is 10.0 Å². The molecular weight excluding hydrogens is 520 g/mol. The normalized spacial score (nSPS) is 17.1. The lowest BCUT2D eigenvalue weighted by Gasteiger charge is -2.19. The van der Waals surface area contributed by atoms with Gasteiger partial charge in [0.1, 0.15) is 16.7 Å². The topological polar surface area (TPSA) is 132 Å². The van der Waals surface area contributed by atoms with Crippen LogP contribution >= 0.6 is 23.1 Å². The van der Waals surface area contributed by atoms with Gasteiger partial charge < -0.3 is 10.2 Å². The highest BCUT2D eigenvalue weighted by molar-refractivity contribution is 7.98. The lowest BCUT2D eigenvalue weighted by Crippen LogP contribution is -2.43. The minimum absolute atomic E-state index is 0.0478. The van der Waals surface area contributed by atoms with Crippen LogP contribution in [0.4, 0.5) is 14.5 Å². The van der Waals surface area contributed by atoms with Gasteiger partial charge in [-0.1, -0.05) is 6.92 Å². The van der Waals surface area contributed by atoms with E-state index in [1.165, 1.54) is 28.5 Å². The number of sulfonamides is 1. The van der Waals surface area contributed by atoms with E-state index in [2.05, 4.69) is 15.0 Å². The van der Waals surface area contributed by atoms with Gasteiger partial charge in [0, 0.05) is 22.4 Å². The summed E-state index contributed by atoms with van der Waals surface area (Å²) in [6.07, 6.45) is -0.195. The zero-order valence-corrected chi connectivity index (χ0v) is 21.1. The number of amides is 2. The van der Waals surface area contributed by atoms with Gasteiger partial charge >= 0.3 is 0 Å². The van der Waals surface area contributed by atoms with Crippen molar-refractivity contribution in [2.24, 2.45) is 0 Å². The van der Waals surface area contributed by atoms with Crippen LogP contribution in [0.25, 0.3) is 0 Å². The Kier molecular flexibility index (Phi) is 8.68. The van der Waals surface area contributed by atoms with Crippen LogP contribution in [0.5, 0.6) is 0 Å². The van der Waals surface area contributed by atoms with Crippen molar-refractivity contribution in [2.75, 3.05) is 23.6 Å². The third-order valence-corrected chi connectivity index (χ3v) is 8.43. The first-order valence-electron chi connectivity index (χ1n) is 10.5. The van der Waals surface area contributed by atoms with Crippen molar-refractivity contribution < 1.29 is 26.8 Å². The summed E-state index contributed by atoms with van der Waals surface area (Å²) in [5, 5.41) is 13.5. The quantitative estimate of drug-likeness (QED) is 0.440. The number of anilines is 1. The number of nitriles is 1. The average Bonchev–Trinajstić information content (AvgIpc) is 3.40. The number of benzene rings is 1. The molecule has 188 valence electrons. The number of carbonyl (C=O) groups is 2. The molecule has 0 aliphatic carbocycles. The van der Waals surface area contributed by atoms with Gasteiger partial charge in [0.2, 0.25) is 15.9 Å². The van der Waals surface area contributed by atoms with E-state index in [4.69, 9.17) is 5.26 Å². The van der Waals surface area contributed by atoms with Crippen molar-refractivity contribution in [3.8, 4) is 6.07 Å². The molecule has 0 radical (unpaired) electrons. The number of thiazole rings is 1. The molecular formula is C21H23F2N5O4S3. The molecule has 2 amide bonds. The molecule has 0 bridgehead atoms. The van der Waals surface area contributed by atoms with E-state index in [9.17, 15) is 26.8 Å². The number of nitrogens with one attached hydrogen (secondary N) is 2. The predicted octanol–water partition coefficient (Wildman–Crippen LogP) is 3.08. The number of carbonyl (C=O) groups excluding carboxylic acids is 2. The van der Waals surface area contributed by atoms with E-state index in [0.29, 0.717) is 22.9 Å². The smallest absolute Gasteiger partial charge is 0.271 e. The fraction of sp³-hybridized carbons (Fsp3) is 0.429. The fourth-order valence-corrected chi connectivity index (χ4v) is 6.11. The molecule has 1 aliphatic heterocycles. The molecule has 1 aliphatic rings. The summed E-state index contributed by atoms with van der Waals surface area (Å²) in [5.41, 5.74) is 0.576. The van der Waals surface area contributed by atoms with Crippen LogP contribution in [0.15, 0.2) is 34.5 Å². The number of halogens is 2. The standard InChI is InChI=1S/C21H23F2N5O4S3/c1-2-7-35(31,32)27-14-3-5-16(6-4-14)33-12-18-26-17(11-34-18)20(30)25-10-19(29)28-13-21(22,23)8-15(28)9-24/h3-6,11,15,27H,2,7-8,10,12-13H2,1H3,(H,25,30)/t15-/m0/s1. The summed E-state index contributed by atoms with van der Waals surface area (Å²) in [6.45, 7) is 0.432. The molecule has 1 aromatic carbocycles. The van der Waals surface area contributed by atoms with Crippen molar-refractivity contribution in [2.45, 2.75) is 42.4 Å². The van der Waals surface area contributed by atoms with Crippen molar-refractivity contribution in [1.29, 1.82) is 5.26 Å². The largest absolute Gasteiger partial charge is 0.342 e. The first kappa shape index (κ1) is 26.8. The Labute approximate surface area is 210 Å². The molecule has 3 rings (SSSR count). The number of alkyl halides is 2. The van der Waals surface area contributed by atoms with E-state index < -0.39 is 53.3 Å². The van der Waals surface area contributed by atoms with Crippen LogP contribution in [0.2, 0.25) is 0 Å². The van der Waals surface area contributed by atoms with Gasteiger partial charge in [-0.15, -0.1) is 23.1 Å². The second-order valence-corrected chi connectivity index (χ2v) is 11.6. The summed E-state index contributed by atoms with van der Waals surface area (Å²) >= 11 is 2.70. The summed E-state index contributed by atoms with van der Waals surface area (Å²) in [5.74, 6) is -3.98. The molecule has 2 N–H and O–H groups in total. The Balaban J connectivity index is 1.48. The van der Waals surface area contributed by atoms with Crippen molar-refractivity contribution >= 4 is 50.6 Å². The lowest BCUT2D eigenvalue weighted by atomic mass is 10.2. The van der Waals surface area contributed by atoms with E-state index in [1.54, 1.807) is 37.3 Å². The van der Waals surface area contributed by atoms with Gasteiger partial charge in [0.25, 0.3) is 11.8 Å². The highest BCUT2D eigenvalue weighted by Crippen LogP contribution is 2.31. The molecule has 0 unspecified atom stereocenters. The number of hydrogen-bond donors (Lipinski definition) is 2. The summed E-state index contributed by atoms with van der Waals surface area (Å²) in [7, 11) is -3.36. The van der Waals surface area contributed by atoms with Crippen LogP contribution in [0.3, 0.4) is 0 Å². The predicted molar refractivity (Wildman–Crippen MR) is 129 cm³/mol. The van der Waals surface area contributed by atoms with E-state index in [-0.39, 0.29) is 11.4 Å². The molecule has 2 heterocycles. The third-order valence-electron chi connectivity index (χ3n) is 4.89. The molecule has 14 heteroatoms. The number of nitrogens with zero attached hydrogens (tertiary/aromatic N) is 3. The van der Waals surface area contributed by atoms with Gasteiger partial charge in [-0.2, -0.15) is 5.26 Å². The Morgan fingerprint density at radius 1 is 1.34 bits per heavy atom. The Hall–Kier alpha value is -2.76. The minimum Gasteiger partial charge on any atom is -0.342 e. The van der Waals surface area contributed by atoms with Crippen molar-refractivity contribution in [3.63, 3.8) is 0 Å². The Bertz CT molecular complexity index is 1210. The van der Waals surface area contributed by atoms with Crippen LogP contribution in [-0.2, 0) is 20.6 Å². The third kappa shape index (κ3) is 7.61. The molecule has 1 aromatic heterocycles. The zero-order valence-electron chi connectivity index (χ0n) is 18.7. The van der Waals surface area contributed by atoms with Gasteiger partial charge in [0.05, 0.1) is 30.7 Å². The highest BCUT2D eigenvalue weighted by atomic mass is 32.2. The number of hydrogen-bond acceptors (Lipinski definition) is 8. The maximum absolute atomic E-state index is 13.5. The average molecular weight is 544 g/mol. The number of aromatic nitrogens is 1. The van der Waals surface area contributed by atoms with Gasteiger partial charge in [-0.3, -0.25) is 14.3 Å². The Morgan fingerprint density at radius 2 is 2.06 bits per heavy atom. The number of thioether (sulfide) groups is 1. The van der Waals surface area contributed by atoms with Crippen LogP contribution in [0, 0.1) is 11.3 Å². The summed E-state index contributed by atoms with van der Waals surface area (Å²) < 4.78 is 53.2. The van der Waals surface area contributed by atoms with Crippen molar-refractivity contribution in [3.05, 3.63) is 40.3 Å². The molecule has 0 spiro atoms. The van der Waals surface area contributed by atoms with Crippen LogP contribution in [-0.4, -0.2) is 60.9 Å². The molecule has 9 nitrogen and oxygen atoms in total. The second-order valence-electron chi connectivity index (χ2n) is 7.77. The van der Waals surface area contributed by atoms with Crippen LogP contribution in [0.1, 0.15) is 35.3 Å². The molecule has 1 saturated heterocycles. The lowest BCUT2D eigenvalue weighted by molar-refractivity contribution is -0.131. The molecule has 0 saturated carbocycles. The molecule has 2 aromatic rings. The number of likely N-dealkylation sites (tertiary alicyclic amines) is 1. The van der Waals surface area contributed by atoms with E-state index >= 15 is 0 Å². The fourth-order valence-electron chi connectivity index (χ4n) is 3.29.